The first-order valence-electron chi connectivity index (χ1n) is 16.6. The third-order valence-electron chi connectivity index (χ3n) is 9.36. The SMILES string of the molecule is O=C(Nc1nn(C(c2ccccc2)(c2ccccc2)c2ccccc2)c2ccc(-c3cc(OC(F)(F)F)ccc3F)cc12)[C@@H]1CCCN(C(=O)O)C1. The number of halogens is 4. The van der Waals surface area contributed by atoms with Gasteiger partial charge in [0.1, 0.15) is 17.1 Å². The zero-order valence-corrected chi connectivity index (χ0v) is 27.6. The van der Waals surface area contributed by atoms with Gasteiger partial charge in [-0.1, -0.05) is 97.1 Å². The van der Waals surface area contributed by atoms with E-state index < -0.39 is 41.4 Å². The minimum atomic E-state index is -4.98. The summed E-state index contributed by atoms with van der Waals surface area (Å²) in [7, 11) is 0. The first-order valence-corrected chi connectivity index (χ1v) is 16.6. The van der Waals surface area contributed by atoms with Gasteiger partial charge in [-0.3, -0.25) is 4.79 Å². The highest BCUT2D eigenvalue weighted by atomic mass is 19.4. The molecule has 1 aromatic heterocycles. The average molecular weight is 709 g/mol. The van der Waals surface area contributed by atoms with Gasteiger partial charge in [0.15, 0.2) is 5.82 Å². The normalized spacial score (nSPS) is 15.0. The van der Waals surface area contributed by atoms with Crippen molar-refractivity contribution in [2.45, 2.75) is 24.7 Å². The third kappa shape index (κ3) is 6.55. The van der Waals surface area contributed by atoms with Crippen LogP contribution < -0.4 is 10.1 Å². The molecule has 1 aliphatic rings. The zero-order valence-electron chi connectivity index (χ0n) is 27.6. The number of benzene rings is 5. The fraction of sp³-hybridized carbons (Fsp3) is 0.175. The van der Waals surface area contributed by atoms with E-state index in [0.717, 1.165) is 34.9 Å². The van der Waals surface area contributed by atoms with Crippen molar-refractivity contribution in [3.63, 3.8) is 0 Å². The van der Waals surface area contributed by atoms with Crippen molar-refractivity contribution in [3.05, 3.63) is 150 Å². The van der Waals surface area contributed by atoms with E-state index in [1.807, 2.05) is 91.0 Å². The molecule has 0 radical (unpaired) electrons. The minimum absolute atomic E-state index is 0.00422. The molecule has 0 bridgehead atoms. The summed E-state index contributed by atoms with van der Waals surface area (Å²) in [6, 6.07) is 36.7. The van der Waals surface area contributed by atoms with Gasteiger partial charge >= 0.3 is 12.5 Å². The van der Waals surface area contributed by atoms with Crippen LogP contribution in [0.15, 0.2) is 127 Å². The van der Waals surface area contributed by atoms with E-state index >= 15 is 4.39 Å². The van der Waals surface area contributed by atoms with Crippen molar-refractivity contribution >= 4 is 28.7 Å². The number of fused-ring (bicyclic) bond motifs is 1. The van der Waals surface area contributed by atoms with Gasteiger partial charge < -0.3 is 20.1 Å². The lowest BCUT2D eigenvalue weighted by Crippen LogP contribution is -2.43. The molecule has 5 aromatic carbocycles. The fourth-order valence-electron chi connectivity index (χ4n) is 7.04. The van der Waals surface area contributed by atoms with Crippen LogP contribution in [0.2, 0.25) is 0 Å². The molecule has 2 heterocycles. The minimum Gasteiger partial charge on any atom is -0.465 e. The van der Waals surface area contributed by atoms with Gasteiger partial charge in [0, 0.05) is 24.0 Å². The van der Waals surface area contributed by atoms with Gasteiger partial charge in [0.2, 0.25) is 5.91 Å². The first-order chi connectivity index (χ1) is 25.0. The predicted molar refractivity (Wildman–Crippen MR) is 187 cm³/mol. The number of nitrogens with zero attached hydrogens (tertiary/aromatic N) is 3. The van der Waals surface area contributed by atoms with Crippen molar-refractivity contribution < 1.29 is 37.0 Å². The average Bonchev–Trinajstić information content (AvgIpc) is 3.50. The summed E-state index contributed by atoms with van der Waals surface area (Å²) in [4.78, 5) is 26.8. The van der Waals surface area contributed by atoms with Crippen LogP contribution in [0.4, 0.5) is 28.2 Å². The molecule has 0 spiro atoms. The van der Waals surface area contributed by atoms with Crippen LogP contribution in [0.1, 0.15) is 29.5 Å². The lowest BCUT2D eigenvalue weighted by molar-refractivity contribution is -0.274. The van der Waals surface area contributed by atoms with Crippen LogP contribution in [-0.2, 0) is 10.3 Å². The molecule has 1 saturated heterocycles. The molecule has 0 aliphatic carbocycles. The number of likely N-dealkylation sites (tertiary alicyclic amines) is 1. The van der Waals surface area contributed by atoms with E-state index in [1.54, 1.807) is 22.9 Å². The Hall–Kier alpha value is -6.17. The molecule has 0 unspecified atom stereocenters. The molecule has 1 fully saturated rings. The van der Waals surface area contributed by atoms with Gasteiger partial charge in [-0.2, -0.15) is 5.10 Å². The first kappa shape index (κ1) is 34.3. The molecule has 2 N–H and O–H groups in total. The molecule has 1 aliphatic heterocycles. The zero-order chi connectivity index (χ0) is 36.5. The number of amides is 2. The van der Waals surface area contributed by atoms with Crippen LogP contribution in [0.5, 0.6) is 5.75 Å². The number of hydrogen-bond donors (Lipinski definition) is 2. The summed E-state index contributed by atoms with van der Waals surface area (Å²) in [5.41, 5.74) is 1.98. The number of carboxylic acid groups (broad SMARTS) is 1. The standard InChI is InChI=1S/C40H32F4N4O4/c41-34-20-19-31(52-40(42,43)44)24-32(34)26-18-21-35-33(23-26)36(45-37(49)27-11-10-22-47(25-27)38(50)51)46-48(35)39(28-12-4-1-5-13-28,29-14-6-2-7-15-29)30-16-8-3-9-17-30/h1-9,12-21,23-24,27H,10-11,22,25H2,(H,50,51)(H,45,46,49)/t27-/m1/s1. The molecule has 0 saturated carbocycles. The van der Waals surface area contributed by atoms with Crippen molar-refractivity contribution in [1.29, 1.82) is 0 Å². The number of piperidine rings is 1. The van der Waals surface area contributed by atoms with Gasteiger partial charge in [0.05, 0.1) is 11.4 Å². The van der Waals surface area contributed by atoms with Crippen molar-refractivity contribution in [2.75, 3.05) is 18.4 Å². The van der Waals surface area contributed by atoms with Gasteiger partial charge in [-0.05, 0) is 65.4 Å². The largest absolute Gasteiger partial charge is 0.573 e. The molecular weight excluding hydrogens is 676 g/mol. The molecule has 12 heteroatoms. The Labute approximate surface area is 295 Å². The number of alkyl halides is 3. The highest BCUT2D eigenvalue weighted by molar-refractivity contribution is 6.02. The number of anilines is 1. The van der Waals surface area contributed by atoms with E-state index in [9.17, 15) is 27.9 Å². The van der Waals surface area contributed by atoms with E-state index in [2.05, 4.69) is 10.1 Å². The maximum Gasteiger partial charge on any atom is 0.573 e. The number of ether oxygens (including phenoxy) is 1. The lowest BCUT2D eigenvalue weighted by Gasteiger charge is -2.37. The molecular formula is C40H32F4N4O4. The number of carbonyl (C=O) groups excluding carboxylic acids is 1. The van der Waals surface area contributed by atoms with E-state index in [0.29, 0.717) is 30.3 Å². The quantitative estimate of drug-likeness (QED) is 0.122. The Morgan fingerprint density at radius 3 is 1.96 bits per heavy atom. The van der Waals surface area contributed by atoms with E-state index in [-0.39, 0.29) is 23.5 Å². The van der Waals surface area contributed by atoms with Crippen LogP contribution in [0, 0.1) is 11.7 Å². The van der Waals surface area contributed by atoms with Crippen LogP contribution in [-0.4, -0.2) is 51.2 Å². The number of hydrogen-bond acceptors (Lipinski definition) is 4. The number of carbonyl (C=O) groups is 2. The second-order valence-electron chi connectivity index (χ2n) is 12.5. The van der Waals surface area contributed by atoms with Crippen molar-refractivity contribution in [2.24, 2.45) is 5.92 Å². The van der Waals surface area contributed by atoms with Crippen LogP contribution in [0.25, 0.3) is 22.0 Å². The van der Waals surface area contributed by atoms with Crippen molar-refractivity contribution in [3.8, 4) is 16.9 Å². The highest BCUT2D eigenvalue weighted by Gasteiger charge is 2.41. The molecule has 2 amide bonds. The van der Waals surface area contributed by atoms with Gasteiger partial charge in [-0.25, -0.2) is 13.9 Å². The Morgan fingerprint density at radius 2 is 1.40 bits per heavy atom. The maximum atomic E-state index is 15.3. The Balaban J connectivity index is 1.47. The summed E-state index contributed by atoms with van der Waals surface area (Å²) in [6.45, 7) is 0.320. The van der Waals surface area contributed by atoms with E-state index in [1.165, 1.54) is 4.90 Å². The maximum absolute atomic E-state index is 15.3. The van der Waals surface area contributed by atoms with Crippen molar-refractivity contribution in [1.82, 2.24) is 14.7 Å². The molecule has 7 rings (SSSR count). The number of nitrogens with one attached hydrogen (secondary N) is 1. The summed E-state index contributed by atoms with van der Waals surface area (Å²) in [5, 5.41) is 18.0. The van der Waals surface area contributed by atoms with Crippen LogP contribution >= 0.6 is 0 Å². The molecule has 52 heavy (non-hydrogen) atoms. The summed E-state index contributed by atoms with van der Waals surface area (Å²) in [5.74, 6) is -2.37. The van der Waals surface area contributed by atoms with E-state index in [4.69, 9.17) is 5.10 Å². The smallest absolute Gasteiger partial charge is 0.465 e. The molecule has 8 nitrogen and oxygen atoms in total. The fourth-order valence-corrected chi connectivity index (χ4v) is 7.04. The van der Waals surface area contributed by atoms with Gasteiger partial charge in [0.25, 0.3) is 0 Å². The highest BCUT2D eigenvalue weighted by Crippen LogP contribution is 2.44. The monoisotopic (exact) mass is 708 g/mol. The van der Waals surface area contributed by atoms with Crippen LogP contribution in [0.3, 0.4) is 0 Å². The molecule has 6 aromatic rings. The number of aromatic nitrogens is 2. The van der Waals surface area contributed by atoms with Gasteiger partial charge in [-0.15, -0.1) is 13.2 Å². The predicted octanol–water partition coefficient (Wildman–Crippen LogP) is 8.91. The second kappa shape index (κ2) is 13.9. The molecule has 264 valence electrons. The Bertz CT molecular complexity index is 2130. The summed E-state index contributed by atoms with van der Waals surface area (Å²) in [6.07, 6.45) is -5.14. The number of rotatable bonds is 8. The lowest BCUT2D eigenvalue weighted by atomic mass is 9.77. The Kier molecular flexibility index (Phi) is 9.14. The summed E-state index contributed by atoms with van der Waals surface area (Å²) < 4.78 is 60.5. The molecule has 1 atom stereocenters. The Morgan fingerprint density at radius 1 is 0.808 bits per heavy atom. The topological polar surface area (TPSA) is 96.7 Å². The summed E-state index contributed by atoms with van der Waals surface area (Å²) >= 11 is 0. The second-order valence-corrected chi connectivity index (χ2v) is 12.5. The third-order valence-corrected chi connectivity index (χ3v) is 9.36.